The summed E-state index contributed by atoms with van der Waals surface area (Å²) in [6.07, 6.45) is -3.15. The van der Waals surface area contributed by atoms with Gasteiger partial charge in [0.05, 0.1) is 22.9 Å². The van der Waals surface area contributed by atoms with Crippen LogP contribution in [-0.2, 0) is 11.0 Å². The first-order valence-corrected chi connectivity index (χ1v) is 10.7. The van der Waals surface area contributed by atoms with Crippen molar-refractivity contribution in [3.05, 3.63) is 52.9 Å². The smallest absolute Gasteiger partial charge is 0.417 e. The van der Waals surface area contributed by atoms with Gasteiger partial charge in [0.1, 0.15) is 6.07 Å². The van der Waals surface area contributed by atoms with Crippen molar-refractivity contribution in [1.29, 1.82) is 5.26 Å². The van der Waals surface area contributed by atoms with Gasteiger partial charge in [0, 0.05) is 31.9 Å². The standard InChI is InChI=1S/C22H19ClF3N5O3/c1-13(19(32)28-14-4-5-16(23)15(11-14)22(24,25)26)30-6-8-31(9-7-30)21-17(12-27)29-20(34-21)18-3-2-10-33-18/h2-5,10-11,13H,6-9H2,1H3,(H,28,32)/t13-/m0/s1. The van der Waals surface area contributed by atoms with Crippen LogP contribution in [0.2, 0.25) is 5.02 Å². The van der Waals surface area contributed by atoms with Crippen LogP contribution in [0, 0.1) is 11.3 Å². The molecule has 3 heterocycles. The summed E-state index contributed by atoms with van der Waals surface area (Å²) in [5.41, 5.74) is -0.866. The molecule has 0 bridgehead atoms. The summed E-state index contributed by atoms with van der Waals surface area (Å²) in [4.78, 5) is 20.6. The number of oxazole rings is 1. The summed E-state index contributed by atoms with van der Waals surface area (Å²) in [7, 11) is 0. The third-order valence-electron chi connectivity index (χ3n) is 5.52. The van der Waals surface area contributed by atoms with Crippen LogP contribution in [0.25, 0.3) is 11.7 Å². The zero-order chi connectivity index (χ0) is 24.5. The Kier molecular flexibility index (Phi) is 6.54. The maximum Gasteiger partial charge on any atom is 0.417 e. The number of hydrogen-bond donors (Lipinski definition) is 1. The zero-order valence-electron chi connectivity index (χ0n) is 17.9. The van der Waals surface area contributed by atoms with E-state index in [0.29, 0.717) is 37.8 Å². The van der Waals surface area contributed by atoms with Crippen molar-refractivity contribution in [3.8, 4) is 17.7 Å². The van der Waals surface area contributed by atoms with Crippen molar-refractivity contribution in [2.45, 2.75) is 19.1 Å². The lowest BCUT2D eigenvalue weighted by molar-refractivity contribution is -0.137. The summed E-state index contributed by atoms with van der Waals surface area (Å²) in [6, 6.07) is 8.02. The Morgan fingerprint density at radius 2 is 2.00 bits per heavy atom. The molecule has 1 aliphatic heterocycles. The normalized spacial score (nSPS) is 15.7. The summed E-state index contributed by atoms with van der Waals surface area (Å²) in [5, 5.41) is 11.5. The van der Waals surface area contributed by atoms with E-state index in [2.05, 4.69) is 10.3 Å². The Balaban J connectivity index is 1.39. The maximum atomic E-state index is 13.1. The number of benzene rings is 1. The van der Waals surface area contributed by atoms with Crippen molar-refractivity contribution >= 4 is 29.1 Å². The first-order valence-electron chi connectivity index (χ1n) is 10.3. The van der Waals surface area contributed by atoms with Crippen LogP contribution in [0.3, 0.4) is 0 Å². The number of nitrogens with zero attached hydrogens (tertiary/aromatic N) is 4. The van der Waals surface area contributed by atoms with Crippen LogP contribution in [0.4, 0.5) is 24.7 Å². The summed E-state index contributed by atoms with van der Waals surface area (Å²) >= 11 is 5.63. The Bertz CT molecular complexity index is 1210. The van der Waals surface area contributed by atoms with Gasteiger partial charge in [0.25, 0.3) is 5.89 Å². The first kappa shape index (κ1) is 23.7. The number of nitrogens with one attached hydrogen (secondary N) is 1. The van der Waals surface area contributed by atoms with Crippen LogP contribution in [0.5, 0.6) is 0 Å². The van der Waals surface area contributed by atoms with Gasteiger partial charge in [-0.2, -0.15) is 23.4 Å². The molecular weight excluding hydrogens is 475 g/mol. The number of piperazine rings is 1. The highest BCUT2D eigenvalue weighted by Gasteiger charge is 2.34. The highest BCUT2D eigenvalue weighted by atomic mass is 35.5. The highest BCUT2D eigenvalue weighted by molar-refractivity contribution is 6.31. The van der Waals surface area contributed by atoms with E-state index in [1.54, 1.807) is 19.1 Å². The molecule has 0 saturated carbocycles. The lowest BCUT2D eigenvalue weighted by Crippen LogP contribution is -2.52. The number of halogens is 4. The molecule has 1 saturated heterocycles. The molecule has 1 amide bonds. The Morgan fingerprint density at radius 1 is 1.26 bits per heavy atom. The lowest BCUT2D eigenvalue weighted by Gasteiger charge is -2.37. The second-order valence-electron chi connectivity index (χ2n) is 7.64. The molecule has 4 rings (SSSR count). The fourth-order valence-corrected chi connectivity index (χ4v) is 3.87. The maximum absolute atomic E-state index is 13.1. The molecule has 8 nitrogen and oxygen atoms in total. The fourth-order valence-electron chi connectivity index (χ4n) is 3.65. The number of carbonyl (C=O) groups excluding carboxylic acids is 1. The van der Waals surface area contributed by atoms with Gasteiger partial charge >= 0.3 is 6.18 Å². The summed E-state index contributed by atoms with van der Waals surface area (Å²) in [5.74, 6) is 0.489. The van der Waals surface area contributed by atoms with Gasteiger partial charge in [-0.15, -0.1) is 0 Å². The molecular formula is C22H19ClF3N5O3. The molecule has 0 aliphatic carbocycles. The van der Waals surface area contributed by atoms with E-state index in [4.69, 9.17) is 20.4 Å². The van der Waals surface area contributed by atoms with Gasteiger partial charge in [-0.3, -0.25) is 9.69 Å². The van der Waals surface area contributed by atoms with E-state index in [1.165, 1.54) is 12.3 Å². The molecule has 0 spiro atoms. The Labute approximate surface area is 197 Å². The molecule has 0 radical (unpaired) electrons. The second-order valence-corrected chi connectivity index (χ2v) is 8.05. The van der Waals surface area contributed by atoms with Gasteiger partial charge in [0.15, 0.2) is 5.76 Å². The molecule has 1 aliphatic rings. The minimum Gasteiger partial charge on any atom is -0.459 e. The molecule has 34 heavy (non-hydrogen) atoms. The van der Waals surface area contributed by atoms with E-state index in [1.807, 2.05) is 15.9 Å². The average Bonchev–Trinajstić information content (AvgIpc) is 3.49. The predicted molar refractivity (Wildman–Crippen MR) is 117 cm³/mol. The van der Waals surface area contributed by atoms with Gasteiger partial charge in [-0.05, 0) is 37.3 Å². The van der Waals surface area contributed by atoms with Crippen LogP contribution in [0.15, 0.2) is 45.4 Å². The topological polar surface area (TPSA) is 98.5 Å². The molecule has 1 N–H and O–H groups in total. The minimum atomic E-state index is -4.63. The number of furan rings is 1. The van der Waals surface area contributed by atoms with E-state index < -0.39 is 28.7 Å². The third-order valence-corrected chi connectivity index (χ3v) is 5.84. The van der Waals surface area contributed by atoms with Gasteiger partial charge < -0.3 is 19.1 Å². The van der Waals surface area contributed by atoms with Crippen molar-refractivity contribution < 1.29 is 26.8 Å². The number of amides is 1. The molecule has 12 heteroatoms. The summed E-state index contributed by atoms with van der Waals surface area (Å²) < 4.78 is 50.3. The number of carbonyl (C=O) groups is 1. The number of alkyl halides is 3. The SMILES string of the molecule is C[C@@H](C(=O)Nc1ccc(Cl)c(C(F)(F)F)c1)N1CCN(c2oc(-c3ccco3)nc2C#N)CC1. The molecule has 0 unspecified atom stereocenters. The van der Waals surface area contributed by atoms with Gasteiger partial charge in [-0.1, -0.05) is 11.6 Å². The monoisotopic (exact) mass is 493 g/mol. The molecule has 1 aromatic carbocycles. The number of aromatic nitrogens is 1. The Morgan fingerprint density at radius 3 is 2.62 bits per heavy atom. The summed E-state index contributed by atoms with van der Waals surface area (Å²) in [6.45, 7) is 3.52. The van der Waals surface area contributed by atoms with Crippen LogP contribution < -0.4 is 10.2 Å². The van der Waals surface area contributed by atoms with Crippen LogP contribution >= 0.6 is 11.6 Å². The van der Waals surface area contributed by atoms with Crippen molar-refractivity contribution in [2.24, 2.45) is 0 Å². The Hall–Kier alpha value is -3.49. The molecule has 1 fully saturated rings. The number of anilines is 2. The van der Waals surface area contributed by atoms with E-state index >= 15 is 0 Å². The number of nitriles is 1. The molecule has 178 valence electrons. The van der Waals surface area contributed by atoms with Gasteiger partial charge in [-0.25, -0.2) is 0 Å². The minimum absolute atomic E-state index is 0.0120. The van der Waals surface area contributed by atoms with Crippen molar-refractivity contribution in [3.63, 3.8) is 0 Å². The molecule has 2 aromatic heterocycles. The first-order chi connectivity index (χ1) is 16.2. The lowest BCUT2D eigenvalue weighted by atomic mass is 10.1. The third kappa shape index (κ3) is 4.88. The van der Waals surface area contributed by atoms with Gasteiger partial charge in [0.2, 0.25) is 17.5 Å². The predicted octanol–water partition coefficient (Wildman–Crippen LogP) is 4.63. The molecule has 1 atom stereocenters. The largest absolute Gasteiger partial charge is 0.459 e. The highest BCUT2D eigenvalue weighted by Crippen LogP contribution is 2.36. The van der Waals surface area contributed by atoms with Crippen molar-refractivity contribution in [1.82, 2.24) is 9.88 Å². The quantitative estimate of drug-likeness (QED) is 0.553. The van der Waals surface area contributed by atoms with E-state index in [9.17, 15) is 23.2 Å². The number of hydrogen-bond acceptors (Lipinski definition) is 7. The van der Waals surface area contributed by atoms with Crippen LogP contribution in [-0.4, -0.2) is 48.0 Å². The van der Waals surface area contributed by atoms with Crippen molar-refractivity contribution in [2.75, 3.05) is 36.4 Å². The molecule has 3 aromatic rings. The van der Waals surface area contributed by atoms with E-state index in [0.717, 1.165) is 12.1 Å². The zero-order valence-corrected chi connectivity index (χ0v) is 18.7. The van der Waals surface area contributed by atoms with Crippen LogP contribution in [0.1, 0.15) is 18.2 Å². The average molecular weight is 494 g/mol. The second kappa shape index (κ2) is 9.40. The number of rotatable bonds is 5. The van der Waals surface area contributed by atoms with E-state index in [-0.39, 0.29) is 17.3 Å². The fraction of sp³-hybridized carbons (Fsp3) is 0.318.